The van der Waals surface area contributed by atoms with Gasteiger partial charge in [0.25, 0.3) is 0 Å². The van der Waals surface area contributed by atoms with E-state index in [4.69, 9.17) is 5.11 Å². The van der Waals surface area contributed by atoms with E-state index in [2.05, 4.69) is 43.2 Å². The highest BCUT2D eigenvalue weighted by Crippen LogP contribution is 2.17. The molecule has 1 atom stereocenters. The van der Waals surface area contributed by atoms with Gasteiger partial charge >= 0.3 is 5.97 Å². The molecular weight excluding hydrogens is 302 g/mol. The number of aromatic nitrogens is 2. The first-order chi connectivity index (χ1) is 11.3. The fourth-order valence-electron chi connectivity index (χ4n) is 2.86. The number of carboxylic acid groups (broad SMARTS) is 1. The molecule has 0 aliphatic carbocycles. The minimum absolute atomic E-state index is 0.377. The summed E-state index contributed by atoms with van der Waals surface area (Å²) in [5.41, 5.74) is 5.81. The molecule has 0 saturated carbocycles. The molecule has 1 aromatic heterocycles. The second-order valence-corrected chi connectivity index (χ2v) is 6.73. The Morgan fingerprint density at radius 3 is 2.46 bits per heavy atom. The Hall–Kier alpha value is -2.14. The van der Waals surface area contributed by atoms with E-state index in [9.17, 15) is 4.79 Å². The average Bonchev–Trinajstić information content (AvgIpc) is 2.77. The molecule has 130 valence electrons. The van der Waals surface area contributed by atoms with Gasteiger partial charge in [-0.05, 0) is 33.4 Å². The van der Waals surface area contributed by atoms with Crippen LogP contribution in [0.3, 0.4) is 0 Å². The maximum atomic E-state index is 11.0. The van der Waals surface area contributed by atoms with Gasteiger partial charge in [0.1, 0.15) is 0 Å². The van der Waals surface area contributed by atoms with E-state index < -0.39 is 5.97 Å². The predicted molar refractivity (Wildman–Crippen MR) is 95.1 cm³/mol. The van der Waals surface area contributed by atoms with Crippen molar-refractivity contribution in [3.8, 4) is 0 Å². The molecule has 0 fully saturated rings. The van der Waals surface area contributed by atoms with Gasteiger partial charge in [0, 0.05) is 24.3 Å². The third-order valence-electron chi connectivity index (χ3n) is 4.42. The molecule has 0 radical (unpaired) electrons. The molecule has 2 aromatic rings. The van der Waals surface area contributed by atoms with Crippen LogP contribution in [0.2, 0.25) is 0 Å². The standard InChI is InChI=1S/C19H27N3O2/c1-13-6-8-17(9-7-13)11-22-16(4)18(15(3)20-22)12-21(5)10-14(2)19(23)24/h6-9,14H,10-12H2,1-5H3,(H,23,24). The lowest BCUT2D eigenvalue weighted by Gasteiger charge is -2.19. The van der Waals surface area contributed by atoms with Crippen molar-refractivity contribution < 1.29 is 9.90 Å². The van der Waals surface area contributed by atoms with Gasteiger partial charge in [0.15, 0.2) is 0 Å². The number of hydrogen-bond acceptors (Lipinski definition) is 3. The summed E-state index contributed by atoms with van der Waals surface area (Å²) in [7, 11) is 1.95. The Labute approximate surface area is 143 Å². The van der Waals surface area contributed by atoms with Crippen LogP contribution in [0.4, 0.5) is 0 Å². The first-order valence-corrected chi connectivity index (χ1v) is 8.27. The molecule has 0 aliphatic heterocycles. The van der Waals surface area contributed by atoms with E-state index in [1.54, 1.807) is 6.92 Å². The van der Waals surface area contributed by atoms with Crippen molar-refractivity contribution in [1.29, 1.82) is 0 Å². The van der Waals surface area contributed by atoms with Crippen LogP contribution < -0.4 is 0 Å². The molecule has 2 rings (SSSR count). The first kappa shape index (κ1) is 18.2. The van der Waals surface area contributed by atoms with Gasteiger partial charge in [-0.15, -0.1) is 0 Å². The molecule has 0 amide bonds. The average molecular weight is 329 g/mol. The highest BCUT2D eigenvalue weighted by Gasteiger charge is 2.17. The largest absolute Gasteiger partial charge is 0.481 e. The van der Waals surface area contributed by atoms with Crippen molar-refractivity contribution >= 4 is 5.97 Å². The maximum Gasteiger partial charge on any atom is 0.307 e. The smallest absolute Gasteiger partial charge is 0.307 e. The number of benzene rings is 1. The summed E-state index contributed by atoms with van der Waals surface area (Å²) < 4.78 is 2.03. The van der Waals surface area contributed by atoms with Crippen molar-refractivity contribution in [2.24, 2.45) is 5.92 Å². The van der Waals surface area contributed by atoms with Crippen molar-refractivity contribution in [2.45, 2.75) is 40.8 Å². The molecule has 0 aliphatic rings. The minimum atomic E-state index is -0.759. The van der Waals surface area contributed by atoms with Gasteiger partial charge in [0.05, 0.1) is 18.2 Å². The molecular formula is C19H27N3O2. The van der Waals surface area contributed by atoms with Gasteiger partial charge in [-0.3, -0.25) is 9.48 Å². The van der Waals surface area contributed by atoms with Gasteiger partial charge in [0.2, 0.25) is 0 Å². The van der Waals surface area contributed by atoms with Crippen molar-refractivity contribution in [1.82, 2.24) is 14.7 Å². The number of rotatable bonds is 7. The first-order valence-electron chi connectivity index (χ1n) is 8.27. The Bertz CT molecular complexity index is 704. The van der Waals surface area contributed by atoms with E-state index in [1.807, 2.05) is 23.6 Å². The molecule has 0 spiro atoms. The molecule has 0 bridgehead atoms. The third-order valence-corrected chi connectivity index (χ3v) is 4.42. The second kappa shape index (κ2) is 7.62. The summed E-state index contributed by atoms with van der Waals surface area (Å²) in [5.74, 6) is -1.14. The topological polar surface area (TPSA) is 58.4 Å². The summed E-state index contributed by atoms with van der Waals surface area (Å²) in [6.45, 7) is 9.90. The van der Waals surface area contributed by atoms with Gasteiger partial charge < -0.3 is 10.0 Å². The number of carbonyl (C=O) groups is 1. The van der Waals surface area contributed by atoms with Crippen LogP contribution in [-0.4, -0.2) is 39.3 Å². The molecule has 1 heterocycles. The Balaban J connectivity index is 2.10. The van der Waals surface area contributed by atoms with Crippen LogP contribution >= 0.6 is 0 Å². The van der Waals surface area contributed by atoms with E-state index >= 15 is 0 Å². The van der Waals surface area contributed by atoms with Crippen LogP contribution in [-0.2, 0) is 17.9 Å². The van der Waals surface area contributed by atoms with E-state index in [0.717, 1.165) is 17.9 Å². The van der Waals surface area contributed by atoms with E-state index in [-0.39, 0.29) is 5.92 Å². The van der Waals surface area contributed by atoms with Crippen LogP contribution in [0.5, 0.6) is 0 Å². The van der Waals surface area contributed by atoms with Crippen molar-refractivity contribution in [2.75, 3.05) is 13.6 Å². The fraction of sp³-hybridized carbons (Fsp3) is 0.474. The van der Waals surface area contributed by atoms with Gasteiger partial charge in [-0.25, -0.2) is 0 Å². The Morgan fingerprint density at radius 1 is 1.25 bits per heavy atom. The Morgan fingerprint density at radius 2 is 1.88 bits per heavy atom. The lowest BCUT2D eigenvalue weighted by atomic mass is 10.1. The van der Waals surface area contributed by atoms with Gasteiger partial charge in [-0.2, -0.15) is 5.10 Å². The maximum absolute atomic E-state index is 11.0. The SMILES string of the molecule is Cc1ccc(Cn2nc(C)c(CN(C)CC(C)C(=O)O)c2C)cc1. The number of nitrogens with zero attached hydrogens (tertiary/aromatic N) is 3. The summed E-state index contributed by atoms with van der Waals surface area (Å²) in [4.78, 5) is 13.1. The molecule has 1 N–H and O–H groups in total. The minimum Gasteiger partial charge on any atom is -0.481 e. The quantitative estimate of drug-likeness (QED) is 0.848. The van der Waals surface area contributed by atoms with E-state index in [1.165, 1.54) is 16.7 Å². The van der Waals surface area contributed by atoms with Crippen molar-refractivity contribution in [3.63, 3.8) is 0 Å². The number of hydrogen-bond donors (Lipinski definition) is 1. The predicted octanol–water partition coefficient (Wildman–Crippen LogP) is 3.01. The normalized spacial score (nSPS) is 12.6. The molecule has 0 saturated heterocycles. The summed E-state index contributed by atoms with van der Waals surface area (Å²) in [6, 6.07) is 8.49. The zero-order valence-corrected chi connectivity index (χ0v) is 15.2. The lowest BCUT2D eigenvalue weighted by Crippen LogP contribution is -2.28. The van der Waals surface area contributed by atoms with Crippen LogP contribution in [0.1, 0.15) is 35.0 Å². The summed E-state index contributed by atoms with van der Waals surface area (Å²) >= 11 is 0. The summed E-state index contributed by atoms with van der Waals surface area (Å²) in [6.07, 6.45) is 0. The monoisotopic (exact) mass is 329 g/mol. The zero-order chi connectivity index (χ0) is 17.9. The number of carboxylic acids is 1. The van der Waals surface area contributed by atoms with Crippen molar-refractivity contribution in [3.05, 3.63) is 52.3 Å². The highest BCUT2D eigenvalue weighted by molar-refractivity contribution is 5.69. The Kier molecular flexibility index (Phi) is 5.78. The van der Waals surface area contributed by atoms with Crippen LogP contribution in [0.25, 0.3) is 0 Å². The number of aryl methyl sites for hydroxylation is 2. The van der Waals surface area contributed by atoms with Gasteiger partial charge in [-0.1, -0.05) is 36.8 Å². The second-order valence-electron chi connectivity index (χ2n) is 6.73. The number of aliphatic carboxylic acids is 1. The zero-order valence-electron chi connectivity index (χ0n) is 15.2. The van der Waals surface area contributed by atoms with E-state index in [0.29, 0.717) is 13.1 Å². The molecule has 1 aromatic carbocycles. The molecule has 1 unspecified atom stereocenters. The molecule has 24 heavy (non-hydrogen) atoms. The molecule has 5 heteroatoms. The highest BCUT2D eigenvalue weighted by atomic mass is 16.4. The van der Waals surface area contributed by atoms with Crippen LogP contribution in [0.15, 0.2) is 24.3 Å². The lowest BCUT2D eigenvalue weighted by molar-refractivity contribution is -0.141. The molecule has 5 nitrogen and oxygen atoms in total. The fourth-order valence-corrected chi connectivity index (χ4v) is 2.86. The summed E-state index contributed by atoms with van der Waals surface area (Å²) in [5, 5.41) is 13.7. The third kappa shape index (κ3) is 4.45. The van der Waals surface area contributed by atoms with Crippen LogP contribution in [0, 0.1) is 26.7 Å².